The number of allylic oxidation sites excluding steroid dienone is 6. The predicted octanol–water partition coefficient (Wildman–Crippen LogP) is 23.2. The van der Waals surface area contributed by atoms with Crippen LogP contribution in [0.2, 0.25) is 0 Å². The smallest absolute Gasteiger partial charge is 0.00142 e. The summed E-state index contributed by atoms with van der Waals surface area (Å²) < 4.78 is 0. The first-order chi connectivity index (χ1) is 41.2. The van der Waals surface area contributed by atoms with Crippen molar-refractivity contribution in [3.8, 4) is 66.8 Å². The lowest BCUT2D eigenvalue weighted by Gasteiger charge is -2.25. The fraction of sp³-hybridized carbons (Fsp3) is 0.0120. The summed E-state index contributed by atoms with van der Waals surface area (Å²) in [6, 6.07) is 108. The Morgan fingerprint density at radius 3 is 0.831 bits per heavy atom. The van der Waals surface area contributed by atoms with E-state index in [0.29, 0.717) is 0 Å². The lowest BCUT2D eigenvalue weighted by atomic mass is 9.78. The molecule has 0 heteroatoms. The zero-order chi connectivity index (χ0) is 54.8. The van der Waals surface area contributed by atoms with Crippen molar-refractivity contribution < 1.29 is 0 Å². The number of rotatable bonds is 8. The summed E-state index contributed by atoms with van der Waals surface area (Å²) in [5.41, 5.74) is 19.6. The van der Waals surface area contributed by atoms with Crippen molar-refractivity contribution >= 4 is 86.6 Å². The van der Waals surface area contributed by atoms with Crippen molar-refractivity contribution in [3.05, 3.63) is 327 Å². The van der Waals surface area contributed by atoms with Crippen LogP contribution in [-0.2, 0) is 0 Å². The van der Waals surface area contributed by atoms with Gasteiger partial charge in [0.1, 0.15) is 0 Å². The van der Waals surface area contributed by atoms with Crippen LogP contribution in [0, 0.1) is 0 Å². The molecule has 0 aliphatic heterocycles. The first-order valence-electron chi connectivity index (χ1n) is 29.0. The van der Waals surface area contributed by atoms with Gasteiger partial charge in [0, 0.05) is 0 Å². The second-order valence-electron chi connectivity index (χ2n) is 22.0. The summed E-state index contributed by atoms with van der Waals surface area (Å²) >= 11 is 0. The third kappa shape index (κ3) is 8.13. The van der Waals surface area contributed by atoms with Gasteiger partial charge < -0.3 is 0 Å². The second-order valence-corrected chi connectivity index (χ2v) is 22.0. The standard InChI is InChI=1S/C83H54/c1-3-24-56(25-4-1)80-74-40-19-20-41-75(74)81(57-26-5-2-6-27-57)83(61-48-46-60(47-49-61)77-68-34-13-17-38-72(68)79(73-39-18-14-35-69(73)77)65-51-43-55-23-8-10-29-63(55)53-65)82(80)59-31-21-30-58(44-45-59)76-66-32-11-15-36-70(66)78(71-37-16-12-33-67(71)76)64-50-42-54-22-7-9-28-62(54)52-64/h1-20,22-53H,21H2. The minimum atomic E-state index is 0.752. The lowest BCUT2D eigenvalue weighted by molar-refractivity contribution is 1.41. The minimum absolute atomic E-state index is 0.752. The molecule has 0 bridgehead atoms. The first kappa shape index (κ1) is 48.3. The van der Waals surface area contributed by atoms with E-state index in [1.54, 1.807) is 0 Å². The zero-order valence-corrected chi connectivity index (χ0v) is 45.7. The van der Waals surface area contributed by atoms with E-state index >= 15 is 0 Å². The van der Waals surface area contributed by atoms with Gasteiger partial charge in [0.25, 0.3) is 0 Å². The average molecular weight is 1050 g/mol. The average Bonchev–Trinajstić information content (AvgIpc) is 3.26. The molecule has 0 saturated carbocycles. The van der Waals surface area contributed by atoms with Crippen molar-refractivity contribution in [1.29, 1.82) is 0 Å². The Bertz CT molecular complexity index is 5070. The highest BCUT2D eigenvalue weighted by Crippen LogP contribution is 2.52. The van der Waals surface area contributed by atoms with Crippen molar-refractivity contribution in [3.63, 3.8) is 0 Å². The summed E-state index contributed by atoms with van der Waals surface area (Å²) in [5.74, 6) is 0. The van der Waals surface area contributed by atoms with Gasteiger partial charge in [0.15, 0.2) is 0 Å². The molecular formula is C83H54. The van der Waals surface area contributed by atoms with Crippen LogP contribution in [0.25, 0.3) is 153 Å². The largest absolute Gasteiger partial charge is 0.0728 e. The summed E-state index contributed by atoms with van der Waals surface area (Å²) in [5, 5.41) is 17.4. The fourth-order valence-electron chi connectivity index (χ4n) is 13.8. The summed E-state index contributed by atoms with van der Waals surface area (Å²) in [6.07, 6.45) is 10.5. The van der Waals surface area contributed by atoms with Gasteiger partial charge in [-0.1, -0.05) is 303 Å². The van der Waals surface area contributed by atoms with E-state index in [4.69, 9.17) is 0 Å². The van der Waals surface area contributed by atoms with Gasteiger partial charge >= 0.3 is 0 Å². The molecular weight excluding hydrogens is 997 g/mol. The van der Waals surface area contributed by atoms with E-state index in [1.807, 2.05) is 0 Å². The maximum atomic E-state index is 2.47. The summed E-state index contributed by atoms with van der Waals surface area (Å²) in [6.45, 7) is 0. The Hall–Kier alpha value is -10.7. The van der Waals surface area contributed by atoms with Gasteiger partial charge in [0.2, 0.25) is 0 Å². The molecule has 0 atom stereocenters. The lowest BCUT2D eigenvalue weighted by Crippen LogP contribution is -2.00. The van der Waals surface area contributed by atoms with E-state index in [2.05, 4.69) is 315 Å². The molecule has 0 unspecified atom stereocenters. The van der Waals surface area contributed by atoms with E-state index < -0.39 is 0 Å². The van der Waals surface area contributed by atoms with Crippen LogP contribution >= 0.6 is 0 Å². The predicted molar refractivity (Wildman–Crippen MR) is 358 cm³/mol. The van der Waals surface area contributed by atoms with Crippen molar-refractivity contribution in [2.24, 2.45) is 0 Å². The molecule has 1 aliphatic rings. The van der Waals surface area contributed by atoms with Crippen molar-refractivity contribution in [2.45, 2.75) is 6.42 Å². The van der Waals surface area contributed by atoms with E-state index in [-0.39, 0.29) is 0 Å². The van der Waals surface area contributed by atoms with Crippen LogP contribution in [0.4, 0.5) is 0 Å². The highest BCUT2D eigenvalue weighted by Gasteiger charge is 2.26. The second kappa shape index (κ2) is 20.2. The van der Waals surface area contributed by atoms with Crippen LogP contribution < -0.4 is 0 Å². The molecule has 0 radical (unpaired) electrons. The summed E-state index contributed by atoms with van der Waals surface area (Å²) in [7, 11) is 0. The monoisotopic (exact) mass is 1050 g/mol. The maximum Gasteiger partial charge on any atom is -0.00142 e. The van der Waals surface area contributed by atoms with Crippen LogP contribution in [0.3, 0.4) is 0 Å². The Balaban J connectivity index is 0.904. The summed E-state index contributed by atoms with van der Waals surface area (Å²) in [4.78, 5) is 0. The molecule has 0 fully saturated rings. The Labute approximate surface area is 483 Å². The molecule has 0 amide bonds. The normalized spacial score (nSPS) is 12.6. The first-order valence-corrected chi connectivity index (χ1v) is 29.0. The molecule has 0 aromatic heterocycles. The minimum Gasteiger partial charge on any atom is -0.0728 e. The van der Waals surface area contributed by atoms with Gasteiger partial charge in [-0.2, -0.15) is 0 Å². The molecule has 16 rings (SSSR count). The molecule has 0 heterocycles. The Kier molecular flexibility index (Phi) is 11.7. The van der Waals surface area contributed by atoms with E-state index in [9.17, 15) is 0 Å². The van der Waals surface area contributed by atoms with Gasteiger partial charge in [-0.15, -0.1) is 0 Å². The highest BCUT2D eigenvalue weighted by atomic mass is 14.3. The molecule has 0 spiro atoms. The fourth-order valence-corrected chi connectivity index (χ4v) is 13.8. The van der Waals surface area contributed by atoms with E-state index in [0.717, 1.165) is 6.42 Å². The third-order valence-electron chi connectivity index (χ3n) is 17.4. The van der Waals surface area contributed by atoms with Gasteiger partial charge in [-0.25, -0.2) is 0 Å². The molecule has 1 aliphatic carbocycles. The third-order valence-corrected chi connectivity index (χ3v) is 17.4. The van der Waals surface area contributed by atoms with Gasteiger partial charge in [0.05, 0.1) is 0 Å². The Morgan fingerprint density at radius 1 is 0.169 bits per heavy atom. The number of benzene rings is 15. The van der Waals surface area contributed by atoms with Gasteiger partial charge in [-0.05, 0) is 183 Å². The van der Waals surface area contributed by atoms with Crippen LogP contribution in [0.15, 0.2) is 315 Å². The Morgan fingerprint density at radius 2 is 0.434 bits per heavy atom. The van der Waals surface area contributed by atoms with Crippen molar-refractivity contribution in [1.82, 2.24) is 0 Å². The van der Waals surface area contributed by atoms with Crippen molar-refractivity contribution in [2.75, 3.05) is 0 Å². The number of fused-ring (bicyclic) bond motifs is 7. The molecule has 0 saturated heterocycles. The maximum absolute atomic E-state index is 2.47. The number of hydrogen-bond donors (Lipinski definition) is 0. The zero-order valence-electron chi connectivity index (χ0n) is 45.7. The van der Waals surface area contributed by atoms with Crippen LogP contribution in [-0.4, -0.2) is 0 Å². The van der Waals surface area contributed by atoms with Crippen LogP contribution in [0.5, 0.6) is 0 Å². The molecule has 15 aromatic rings. The molecule has 15 aromatic carbocycles. The molecule has 0 N–H and O–H groups in total. The molecule has 83 heavy (non-hydrogen) atoms. The van der Waals surface area contributed by atoms with E-state index in [1.165, 1.54) is 164 Å². The SMILES string of the molecule is C1=CC(c2c3ccccc3c(-c3ccc4ccccc4c3)c3ccccc23)=CCC=C1c1c(-c2ccc(-c3c4ccccc4c(-c4ccc5ccccc5c4)c4ccccc34)cc2)c(-c2ccccc2)c2ccccc2c1-c1ccccc1. The molecule has 386 valence electrons. The topological polar surface area (TPSA) is 0 Å². The van der Waals surface area contributed by atoms with Crippen LogP contribution in [0.1, 0.15) is 17.5 Å². The quantitative estimate of drug-likeness (QED) is 0.133. The van der Waals surface area contributed by atoms with Gasteiger partial charge in [-0.3, -0.25) is 0 Å². The highest BCUT2D eigenvalue weighted by molar-refractivity contribution is 6.24. The molecule has 0 nitrogen and oxygen atoms in total. The number of hydrogen-bond acceptors (Lipinski definition) is 0.